The molecular formula is C14H24O2. The molecule has 0 saturated heterocycles. The summed E-state index contributed by atoms with van der Waals surface area (Å²) in [5, 5.41) is 0. The molecule has 2 heteroatoms. The highest BCUT2D eigenvalue weighted by molar-refractivity contribution is 5.53. The van der Waals surface area contributed by atoms with E-state index >= 15 is 0 Å². The van der Waals surface area contributed by atoms with Crippen LogP contribution in [-0.2, 0) is 6.42 Å². The summed E-state index contributed by atoms with van der Waals surface area (Å²) in [6.45, 7) is 10.2. The smallest absolute Gasteiger partial charge is 0.128 e. The molecule has 2 nitrogen and oxygen atoms in total. The largest absolute Gasteiger partial charge is 0.496 e. The Morgan fingerprint density at radius 2 is 1.62 bits per heavy atom. The normalized spacial score (nSPS) is 9.19. The lowest BCUT2D eigenvalue weighted by Crippen LogP contribution is -1.99. The SMILES string of the molecule is CC.CCc1c(C)cc(OC)c(C)c1OC. The first-order chi connectivity index (χ1) is 7.65. The molecule has 1 aromatic carbocycles. The van der Waals surface area contributed by atoms with Crippen molar-refractivity contribution < 1.29 is 9.47 Å². The second-order valence-electron chi connectivity index (χ2n) is 3.39. The molecule has 1 aromatic rings. The Morgan fingerprint density at radius 1 is 1.06 bits per heavy atom. The molecular weight excluding hydrogens is 200 g/mol. The minimum atomic E-state index is 0.900. The topological polar surface area (TPSA) is 18.5 Å². The summed E-state index contributed by atoms with van der Waals surface area (Å²) in [7, 11) is 3.40. The Morgan fingerprint density at radius 3 is 2.00 bits per heavy atom. The summed E-state index contributed by atoms with van der Waals surface area (Å²) in [5.74, 6) is 1.86. The van der Waals surface area contributed by atoms with Crippen LogP contribution < -0.4 is 9.47 Å². The molecule has 0 bridgehead atoms. The highest BCUT2D eigenvalue weighted by atomic mass is 16.5. The Hall–Kier alpha value is -1.18. The van der Waals surface area contributed by atoms with Gasteiger partial charge in [0, 0.05) is 5.56 Å². The van der Waals surface area contributed by atoms with Gasteiger partial charge in [-0.3, -0.25) is 0 Å². The van der Waals surface area contributed by atoms with Crippen LogP contribution in [0.1, 0.15) is 37.5 Å². The molecule has 0 atom stereocenters. The molecule has 0 aliphatic carbocycles. The van der Waals surface area contributed by atoms with Crippen LogP contribution in [0.3, 0.4) is 0 Å². The van der Waals surface area contributed by atoms with Gasteiger partial charge in [0.2, 0.25) is 0 Å². The zero-order valence-electron chi connectivity index (χ0n) is 11.6. The standard InChI is InChI=1S/C12H18O2.C2H6/c1-6-10-8(2)7-11(13-4)9(3)12(10)14-5;1-2/h7H,6H2,1-5H3;1-2H3. The molecule has 0 N–H and O–H groups in total. The van der Waals surface area contributed by atoms with E-state index in [1.165, 1.54) is 11.1 Å². The van der Waals surface area contributed by atoms with Crippen LogP contribution in [0, 0.1) is 13.8 Å². The second-order valence-corrected chi connectivity index (χ2v) is 3.39. The quantitative estimate of drug-likeness (QED) is 0.775. The number of benzene rings is 1. The number of ether oxygens (including phenoxy) is 2. The summed E-state index contributed by atoms with van der Waals surface area (Å²) in [5.41, 5.74) is 3.58. The van der Waals surface area contributed by atoms with Crippen LogP contribution in [0.2, 0.25) is 0 Å². The Labute approximate surface area is 99.6 Å². The van der Waals surface area contributed by atoms with Crippen molar-refractivity contribution in [1.29, 1.82) is 0 Å². The first kappa shape index (κ1) is 14.8. The third kappa shape index (κ3) is 2.91. The van der Waals surface area contributed by atoms with Gasteiger partial charge in [-0.05, 0) is 37.5 Å². The Balaban J connectivity index is 0.00000106. The van der Waals surface area contributed by atoms with E-state index in [1.54, 1.807) is 14.2 Å². The number of methoxy groups -OCH3 is 2. The molecule has 0 amide bonds. The maximum Gasteiger partial charge on any atom is 0.128 e. The van der Waals surface area contributed by atoms with Gasteiger partial charge in [-0.2, -0.15) is 0 Å². The predicted molar refractivity (Wildman–Crippen MR) is 69.7 cm³/mol. The van der Waals surface area contributed by atoms with Gasteiger partial charge in [0.15, 0.2) is 0 Å². The fourth-order valence-electron chi connectivity index (χ4n) is 1.84. The minimum Gasteiger partial charge on any atom is -0.496 e. The molecule has 0 aliphatic heterocycles. The number of hydrogen-bond acceptors (Lipinski definition) is 2. The number of rotatable bonds is 3. The zero-order chi connectivity index (χ0) is 12.7. The van der Waals surface area contributed by atoms with E-state index in [2.05, 4.69) is 19.9 Å². The van der Waals surface area contributed by atoms with E-state index < -0.39 is 0 Å². The van der Waals surface area contributed by atoms with Crippen LogP contribution >= 0.6 is 0 Å². The molecule has 0 heterocycles. The van der Waals surface area contributed by atoms with Crippen LogP contribution in [0.15, 0.2) is 6.07 Å². The van der Waals surface area contributed by atoms with Crippen LogP contribution in [-0.4, -0.2) is 14.2 Å². The van der Waals surface area contributed by atoms with Crippen molar-refractivity contribution in [2.24, 2.45) is 0 Å². The molecule has 1 rings (SSSR count). The van der Waals surface area contributed by atoms with E-state index in [0.717, 1.165) is 23.5 Å². The lowest BCUT2D eigenvalue weighted by Gasteiger charge is -2.16. The summed E-state index contributed by atoms with van der Waals surface area (Å²) in [6.07, 6.45) is 0.986. The van der Waals surface area contributed by atoms with Crippen LogP contribution in [0.5, 0.6) is 11.5 Å². The zero-order valence-corrected chi connectivity index (χ0v) is 11.6. The van der Waals surface area contributed by atoms with Crippen molar-refractivity contribution in [3.63, 3.8) is 0 Å². The molecule has 16 heavy (non-hydrogen) atoms. The fraction of sp³-hybridized carbons (Fsp3) is 0.571. The molecule has 0 aromatic heterocycles. The highest BCUT2D eigenvalue weighted by Crippen LogP contribution is 2.34. The van der Waals surface area contributed by atoms with E-state index in [1.807, 2.05) is 20.8 Å². The maximum absolute atomic E-state index is 5.41. The highest BCUT2D eigenvalue weighted by Gasteiger charge is 2.12. The lowest BCUT2D eigenvalue weighted by atomic mass is 10.0. The van der Waals surface area contributed by atoms with Crippen LogP contribution in [0.25, 0.3) is 0 Å². The first-order valence-corrected chi connectivity index (χ1v) is 5.86. The third-order valence-electron chi connectivity index (χ3n) is 2.59. The molecule has 0 unspecified atom stereocenters. The van der Waals surface area contributed by atoms with Crippen molar-refractivity contribution in [2.45, 2.75) is 41.0 Å². The van der Waals surface area contributed by atoms with Gasteiger partial charge in [-0.1, -0.05) is 20.8 Å². The summed E-state index contributed by atoms with van der Waals surface area (Å²) in [6, 6.07) is 2.07. The molecule has 0 spiro atoms. The van der Waals surface area contributed by atoms with Gasteiger partial charge in [0.1, 0.15) is 11.5 Å². The summed E-state index contributed by atoms with van der Waals surface area (Å²) in [4.78, 5) is 0. The molecule has 0 saturated carbocycles. The fourth-order valence-corrected chi connectivity index (χ4v) is 1.84. The van der Waals surface area contributed by atoms with Gasteiger partial charge in [0.25, 0.3) is 0 Å². The van der Waals surface area contributed by atoms with Crippen molar-refractivity contribution in [3.8, 4) is 11.5 Å². The number of hydrogen-bond donors (Lipinski definition) is 0. The van der Waals surface area contributed by atoms with E-state index in [9.17, 15) is 0 Å². The molecule has 0 aliphatic rings. The van der Waals surface area contributed by atoms with Gasteiger partial charge in [0.05, 0.1) is 14.2 Å². The Bertz CT molecular complexity index is 330. The van der Waals surface area contributed by atoms with Crippen molar-refractivity contribution in [2.75, 3.05) is 14.2 Å². The van der Waals surface area contributed by atoms with Gasteiger partial charge in [-0.25, -0.2) is 0 Å². The van der Waals surface area contributed by atoms with Gasteiger partial charge in [-0.15, -0.1) is 0 Å². The van der Waals surface area contributed by atoms with Crippen molar-refractivity contribution >= 4 is 0 Å². The van der Waals surface area contributed by atoms with E-state index in [0.29, 0.717) is 0 Å². The molecule has 0 fully saturated rings. The predicted octanol–water partition coefficient (Wildman–Crippen LogP) is 3.91. The first-order valence-electron chi connectivity index (χ1n) is 5.86. The van der Waals surface area contributed by atoms with Crippen LogP contribution in [0.4, 0.5) is 0 Å². The van der Waals surface area contributed by atoms with E-state index in [-0.39, 0.29) is 0 Å². The molecule has 0 radical (unpaired) electrons. The average molecular weight is 224 g/mol. The summed E-state index contributed by atoms with van der Waals surface area (Å²) < 4.78 is 10.7. The average Bonchev–Trinajstić information content (AvgIpc) is 2.33. The Kier molecular flexibility index (Phi) is 6.63. The van der Waals surface area contributed by atoms with Crippen molar-refractivity contribution in [3.05, 3.63) is 22.8 Å². The molecule has 92 valence electrons. The summed E-state index contributed by atoms with van der Waals surface area (Å²) >= 11 is 0. The third-order valence-corrected chi connectivity index (χ3v) is 2.59. The van der Waals surface area contributed by atoms with Crippen molar-refractivity contribution in [1.82, 2.24) is 0 Å². The maximum atomic E-state index is 5.41. The minimum absolute atomic E-state index is 0.900. The second kappa shape index (κ2) is 7.15. The van der Waals surface area contributed by atoms with E-state index in [4.69, 9.17) is 9.47 Å². The van der Waals surface area contributed by atoms with Gasteiger partial charge >= 0.3 is 0 Å². The lowest BCUT2D eigenvalue weighted by molar-refractivity contribution is 0.385. The van der Waals surface area contributed by atoms with Gasteiger partial charge < -0.3 is 9.47 Å². The monoisotopic (exact) mass is 224 g/mol. The number of aryl methyl sites for hydroxylation is 1.